The maximum Gasteiger partial charge on any atom is 0.156 e. The molecule has 0 radical (unpaired) electrons. The SMILES string of the molecule is C[C@]12C=CC3=C4CCC(=O)C=C4CC[C@H]3[C@@H]1CC[C@@H]2O. The van der Waals surface area contributed by atoms with Crippen LogP contribution in [0, 0.1) is 17.3 Å². The zero-order chi connectivity index (χ0) is 13.9. The third-order valence-electron chi connectivity index (χ3n) is 6.19. The number of carbonyl (C=O) groups is 1. The van der Waals surface area contributed by atoms with Crippen LogP contribution < -0.4 is 0 Å². The Kier molecular flexibility index (Phi) is 2.62. The highest BCUT2D eigenvalue weighted by molar-refractivity contribution is 5.93. The van der Waals surface area contributed by atoms with Crippen molar-refractivity contribution >= 4 is 5.78 Å². The molecule has 4 atom stereocenters. The van der Waals surface area contributed by atoms with Gasteiger partial charge in [-0.05, 0) is 66.7 Å². The van der Waals surface area contributed by atoms with E-state index in [0.29, 0.717) is 24.0 Å². The molecule has 2 nitrogen and oxygen atoms in total. The van der Waals surface area contributed by atoms with Gasteiger partial charge in [0.2, 0.25) is 0 Å². The summed E-state index contributed by atoms with van der Waals surface area (Å²) in [6.45, 7) is 2.23. The van der Waals surface area contributed by atoms with Crippen molar-refractivity contribution in [2.75, 3.05) is 0 Å². The van der Waals surface area contributed by atoms with Crippen LogP contribution in [0.2, 0.25) is 0 Å². The summed E-state index contributed by atoms with van der Waals surface area (Å²) in [4.78, 5) is 11.6. The molecule has 0 unspecified atom stereocenters. The first-order valence-corrected chi connectivity index (χ1v) is 7.94. The van der Waals surface area contributed by atoms with Crippen LogP contribution in [-0.4, -0.2) is 17.0 Å². The maximum absolute atomic E-state index is 11.6. The Morgan fingerprint density at radius 1 is 1.20 bits per heavy atom. The highest BCUT2D eigenvalue weighted by atomic mass is 16.3. The van der Waals surface area contributed by atoms with Gasteiger partial charge in [0, 0.05) is 11.8 Å². The van der Waals surface area contributed by atoms with E-state index in [2.05, 4.69) is 19.1 Å². The molecule has 0 heterocycles. The van der Waals surface area contributed by atoms with Crippen LogP contribution in [0.5, 0.6) is 0 Å². The van der Waals surface area contributed by atoms with Crippen molar-refractivity contribution < 1.29 is 9.90 Å². The lowest BCUT2D eigenvalue weighted by molar-refractivity contribution is -0.114. The lowest BCUT2D eigenvalue weighted by Gasteiger charge is -2.44. The molecule has 4 aliphatic carbocycles. The van der Waals surface area contributed by atoms with Gasteiger partial charge in [0.05, 0.1) is 6.10 Å². The lowest BCUT2D eigenvalue weighted by atomic mass is 9.60. The van der Waals surface area contributed by atoms with Gasteiger partial charge in [-0.1, -0.05) is 19.1 Å². The van der Waals surface area contributed by atoms with Gasteiger partial charge >= 0.3 is 0 Å². The summed E-state index contributed by atoms with van der Waals surface area (Å²) in [7, 11) is 0. The molecule has 4 rings (SSSR count). The number of hydrogen-bond acceptors (Lipinski definition) is 2. The first kappa shape index (κ1) is 12.6. The first-order chi connectivity index (χ1) is 9.59. The van der Waals surface area contributed by atoms with Gasteiger partial charge in [-0.2, -0.15) is 0 Å². The fourth-order valence-electron chi connectivity index (χ4n) is 4.99. The molecule has 0 aromatic rings. The average molecular weight is 270 g/mol. The number of ketones is 1. The summed E-state index contributed by atoms with van der Waals surface area (Å²) in [5.74, 6) is 1.48. The Morgan fingerprint density at radius 3 is 2.90 bits per heavy atom. The number of carbonyl (C=O) groups excluding carboxylic acids is 1. The lowest BCUT2D eigenvalue weighted by Crippen LogP contribution is -2.39. The van der Waals surface area contributed by atoms with Gasteiger partial charge in [-0.15, -0.1) is 0 Å². The van der Waals surface area contributed by atoms with Crippen LogP contribution >= 0.6 is 0 Å². The highest BCUT2D eigenvalue weighted by Crippen LogP contribution is 2.57. The number of aliphatic hydroxyl groups is 1. The maximum atomic E-state index is 11.6. The second-order valence-electron chi connectivity index (χ2n) is 7.11. The monoisotopic (exact) mass is 270 g/mol. The molecule has 1 fully saturated rings. The Hall–Kier alpha value is -1.15. The van der Waals surface area contributed by atoms with E-state index in [1.165, 1.54) is 16.7 Å². The number of allylic oxidation sites excluding steroid dienone is 5. The zero-order valence-electron chi connectivity index (χ0n) is 12.1. The predicted octanol–water partition coefficient (Wildman–Crippen LogP) is 3.33. The molecule has 1 N–H and O–H groups in total. The summed E-state index contributed by atoms with van der Waals surface area (Å²) >= 11 is 0. The molecular formula is C18H22O2. The molecule has 4 aliphatic rings. The smallest absolute Gasteiger partial charge is 0.156 e. The summed E-state index contributed by atoms with van der Waals surface area (Å²) in [5, 5.41) is 10.3. The summed E-state index contributed by atoms with van der Waals surface area (Å²) < 4.78 is 0. The number of hydrogen-bond donors (Lipinski definition) is 1. The zero-order valence-corrected chi connectivity index (χ0v) is 12.1. The summed E-state index contributed by atoms with van der Waals surface area (Å²) in [6.07, 6.45) is 12.1. The van der Waals surface area contributed by atoms with Crippen molar-refractivity contribution in [3.05, 3.63) is 34.9 Å². The minimum atomic E-state index is -0.180. The van der Waals surface area contributed by atoms with Crippen molar-refractivity contribution in [2.45, 2.75) is 51.6 Å². The number of rotatable bonds is 0. The van der Waals surface area contributed by atoms with Gasteiger partial charge < -0.3 is 5.11 Å². The van der Waals surface area contributed by atoms with Crippen molar-refractivity contribution in [2.24, 2.45) is 17.3 Å². The standard InChI is InChI=1S/C18H22O2/c1-18-9-8-14-13-5-3-12(19)10-11(13)2-4-15(14)16(18)6-7-17(18)20/h8-10,15-17,20H,2-7H2,1H3/t15-,16+,17+,18+/m1/s1. The van der Waals surface area contributed by atoms with E-state index in [-0.39, 0.29) is 11.5 Å². The van der Waals surface area contributed by atoms with Gasteiger partial charge in [0.1, 0.15) is 0 Å². The molecule has 2 heteroatoms. The molecule has 0 bridgehead atoms. The Labute approximate surface area is 120 Å². The molecule has 106 valence electrons. The second kappa shape index (κ2) is 4.17. The fraction of sp³-hybridized carbons (Fsp3) is 0.611. The van der Waals surface area contributed by atoms with E-state index < -0.39 is 0 Å². The third-order valence-corrected chi connectivity index (χ3v) is 6.19. The van der Waals surface area contributed by atoms with E-state index in [1.54, 1.807) is 0 Å². The van der Waals surface area contributed by atoms with Crippen LogP contribution in [-0.2, 0) is 4.79 Å². The Bertz CT molecular complexity index is 566. The Morgan fingerprint density at radius 2 is 2.05 bits per heavy atom. The molecule has 0 saturated heterocycles. The van der Waals surface area contributed by atoms with E-state index in [9.17, 15) is 9.90 Å². The van der Waals surface area contributed by atoms with E-state index in [0.717, 1.165) is 32.1 Å². The summed E-state index contributed by atoms with van der Waals surface area (Å²) in [6, 6.07) is 0. The van der Waals surface area contributed by atoms with Crippen molar-refractivity contribution in [1.82, 2.24) is 0 Å². The molecule has 0 amide bonds. The van der Waals surface area contributed by atoms with Crippen molar-refractivity contribution in [1.29, 1.82) is 0 Å². The van der Waals surface area contributed by atoms with Crippen LogP contribution in [0.15, 0.2) is 34.9 Å². The third kappa shape index (κ3) is 1.57. The van der Waals surface area contributed by atoms with E-state index in [4.69, 9.17) is 0 Å². The van der Waals surface area contributed by atoms with E-state index in [1.807, 2.05) is 6.08 Å². The second-order valence-corrected chi connectivity index (χ2v) is 7.11. The predicted molar refractivity (Wildman–Crippen MR) is 78.1 cm³/mol. The van der Waals surface area contributed by atoms with Crippen molar-refractivity contribution in [3.63, 3.8) is 0 Å². The molecule has 1 saturated carbocycles. The van der Waals surface area contributed by atoms with Gasteiger partial charge in [0.25, 0.3) is 0 Å². The molecular weight excluding hydrogens is 248 g/mol. The minimum absolute atomic E-state index is 0.0274. The molecule has 20 heavy (non-hydrogen) atoms. The fourth-order valence-corrected chi connectivity index (χ4v) is 4.99. The van der Waals surface area contributed by atoms with Gasteiger partial charge in [0.15, 0.2) is 5.78 Å². The average Bonchev–Trinajstić information content (AvgIpc) is 2.74. The Balaban J connectivity index is 1.82. The van der Waals surface area contributed by atoms with Crippen LogP contribution in [0.1, 0.15) is 45.4 Å². The van der Waals surface area contributed by atoms with Crippen LogP contribution in [0.3, 0.4) is 0 Å². The van der Waals surface area contributed by atoms with Crippen LogP contribution in [0.25, 0.3) is 0 Å². The summed E-state index contributed by atoms with van der Waals surface area (Å²) in [5.41, 5.74) is 4.19. The molecule has 0 aliphatic heterocycles. The van der Waals surface area contributed by atoms with Gasteiger partial charge in [-0.25, -0.2) is 0 Å². The van der Waals surface area contributed by atoms with Gasteiger partial charge in [-0.3, -0.25) is 4.79 Å². The highest BCUT2D eigenvalue weighted by Gasteiger charge is 2.51. The first-order valence-electron chi connectivity index (χ1n) is 7.94. The minimum Gasteiger partial charge on any atom is -0.392 e. The largest absolute Gasteiger partial charge is 0.392 e. The van der Waals surface area contributed by atoms with Crippen LogP contribution in [0.4, 0.5) is 0 Å². The molecule has 0 spiro atoms. The normalized spacial score (nSPS) is 43.0. The molecule has 0 aromatic heterocycles. The van der Waals surface area contributed by atoms with Crippen molar-refractivity contribution in [3.8, 4) is 0 Å². The number of fused-ring (bicyclic) bond motifs is 4. The number of aliphatic hydroxyl groups excluding tert-OH is 1. The molecule has 0 aromatic carbocycles. The van der Waals surface area contributed by atoms with E-state index >= 15 is 0 Å². The quantitative estimate of drug-likeness (QED) is 0.733. The topological polar surface area (TPSA) is 37.3 Å².